The Bertz CT molecular complexity index is 1460. The molecule has 1 aliphatic carbocycles. The summed E-state index contributed by atoms with van der Waals surface area (Å²) in [6, 6.07) is 10.7. The summed E-state index contributed by atoms with van der Waals surface area (Å²) in [4.78, 5) is 24.5. The van der Waals surface area contributed by atoms with E-state index in [1.807, 2.05) is 22.7 Å². The first kappa shape index (κ1) is 23.5. The molecule has 0 bridgehead atoms. The summed E-state index contributed by atoms with van der Waals surface area (Å²) in [5.41, 5.74) is 5.28. The number of rotatable bonds is 5. The summed E-state index contributed by atoms with van der Waals surface area (Å²) < 4.78 is 21.5. The number of morpholine rings is 1. The van der Waals surface area contributed by atoms with Crippen molar-refractivity contribution in [2.45, 2.75) is 32.6 Å². The lowest BCUT2D eigenvalue weighted by Gasteiger charge is -2.28. The highest BCUT2D eigenvalue weighted by Crippen LogP contribution is 2.36. The second-order valence-corrected chi connectivity index (χ2v) is 9.72. The average Bonchev–Trinajstić information content (AvgIpc) is 3.60. The molecule has 37 heavy (non-hydrogen) atoms. The van der Waals surface area contributed by atoms with Crippen molar-refractivity contribution in [3.8, 4) is 22.5 Å². The molecule has 4 aromatic rings. The first-order valence-corrected chi connectivity index (χ1v) is 12.8. The van der Waals surface area contributed by atoms with Gasteiger partial charge in [-0.3, -0.25) is 4.79 Å². The van der Waals surface area contributed by atoms with Crippen molar-refractivity contribution < 1.29 is 13.9 Å². The molecule has 0 spiro atoms. The molecule has 0 unspecified atom stereocenters. The number of nitrogens with zero attached hydrogens (tertiary/aromatic N) is 5. The molecule has 4 heterocycles. The van der Waals surface area contributed by atoms with Gasteiger partial charge in [0.2, 0.25) is 5.91 Å². The van der Waals surface area contributed by atoms with Gasteiger partial charge in [0.05, 0.1) is 30.8 Å². The maximum atomic E-state index is 14.1. The minimum absolute atomic E-state index is 0.0161. The second kappa shape index (κ2) is 9.89. The van der Waals surface area contributed by atoms with Crippen molar-refractivity contribution in [2.24, 2.45) is 5.92 Å². The molecule has 2 aliphatic rings. The quantitative estimate of drug-likeness (QED) is 0.421. The molecule has 0 atom stereocenters. The molecular formula is C28H29FN6O2. The molecule has 1 aromatic carbocycles. The Morgan fingerprint density at radius 1 is 1.05 bits per heavy atom. The van der Waals surface area contributed by atoms with Gasteiger partial charge in [-0.1, -0.05) is 12.8 Å². The number of amides is 1. The molecule has 1 aliphatic heterocycles. The molecule has 1 N–H and O–H groups in total. The van der Waals surface area contributed by atoms with Gasteiger partial charge >= 0.3 is 0 Å². The molecule has 0 radical (unpaired) electrons. The summed E-state index contributed by atoms with van der Waals surface area (Å²) in [6.07, 6.45) is 7.47. The van der Waals surface area contributed by atoms with Gasteiger partial charge in [-0.25, -0.2) is 18.9 Å². The Kier molecular flexibility index (Phi) is 6.30. The molecule has 1 saturated carbocycles. The van der Waals surface area contributed by atoms with E-state index >= 15 is 0 Å². The summed E-state index contributed by atoms with van der Waals surface area (Å²) in [6.45, 7) is 4.58. The number of anilines is 2. The van der Waals surface area contributed by atoms with Crippen molar-refractivity contribution in [3.05, 3.63) is 60.2 Å². The van der Waals surface area contributed by atoms with Crippen LogP contribution in [0.2, 0.25) is 0 Å². The number of pyridine rings is 1. The van der Waals surface area contributed by atoms with Crippen LogP contribution in [0.4, 0.5) is 15.9 Å². The summed E-state index contributed by atoms with van der Waals surface area (Å²) in [7, 11) is 0. The molecule has 2 fully saturated rings. The average molecular weight is 501 g/mol. The van der Waals surface area contributed by atoms with Gasteiger partial charge in [0, 0.05) is 36.3 Å². The predicted octanol–water partition coefficient (Wildman–Crippen LogP) is 4.87. The highest BCUT2D eigenvalue weighted by atomic mass is 19.1. The third-order valence-corrected chi connectivity index (χ3v) is 7.29. The SMILES string of the molecule is Cc1cc(-c2nc3c(N4CCOCC4)ccnn3c2-c2ccnc(NC(=O)C3CCCC3)c2)ccc1F. The van der Waals surface area contributed by atoms with E-state index < -0.39 is 0 Å². The summed E-state index contributed by atoms with van der Waals surface area (Å²) in [5.74, 6) is 0.288. The number of nitrogens with one attached hydrogen (secondary N) is 1. The van der Waals surface area contributed by atoms with E-state index in [0.717, 1.165) is 61.3 Å². The van der Waals surface area contributed by atoms with Gasteiger partial charge in [-0.2, -0.15) is 5.10 Å². The number of ether oxygens (including phenoxy) is 1. The zero-order valence-corrected chi connectivity index (χ0v) is 20.8. The smallest absolute Gasteiger partial charge is 0.228 e. The maximum Gasteiger partial charge on any atom is 0.228 e. The fourth-order valence-corrected chi connectivity index (χ4v) is 5.30. The van der Waals surface area contributed by atoms with Crippen LogP contribution in [0.1, 0.15) is 31.2 Å². The topological polar surface area (TPSA) is 84.7 Å². The Hall–Kier alpha value is -3.85. The lowest BCUT2D eigenvalue weighted by molar-refractivity contribution is -0.119. The van der Waals surface area contributed by atoms with E-state index in [9.17, 15) is 9.18 Å². The second-order valence-electron chi connectivity index (χ2n) is 9.72. The van der Waals surface area contributed by atoms with Crippen molar-refractivity contribution in [2.75, 3.05) is 36.5 Å². The number of carbonyl (C=O) groups is 1. The van der Waals surface area contributed by atoms with E-state index in [4.69, 9.17) is 9.72 Å². The number of halogens is 1. The molecule has 6 rings (SSSR count). The van der Waals surface area contributed by atoms with E-state index in [0.29, 0.717) is 35.9 Å². The maximum absolute atomic E-state index is 14.1. The van der Waals surface area contributed by atoms with E-state index in [1.165, 1.54) is 6.07 Å². The molecule has 1 amide bonds. The lowest BCUT2D eigenvalue weighted by Crippen LogP contribution is -2.36. The molecular weight excluding hydrogens is 471 g/mol. The number of hydrogen-bond acceptors (Lipinski definition) is 6. The number of benzene rings is 1. The monoisotopic (exact) mass is 500 g/mol. The summed E-state index contributed by atoms with van der Waals surface area (Å²) >= 11 is 0. The van der Waals surface area contributed by atoms with Crippen molar-refractivity contribution in [1.29, 1.82) is 0 Å². The van der Waals surface area contributed by atoms with Crippen LogP contribution in [0.5, 0.6) is 0 Å². The normalized spacial score (nSPS) is 16.4. The number of hydrogen-bond donors (Lipinski definition) is 1. The van der Waals surface area contributed by atoms with Crippen LogP contribution < -0.4 is 10.2 Å². The zero-order chi connectivity index (χ0) is 25.4. The third-order valence-electron chi connectivity index (χ3n) is 7.29. The minimum Gasteiger partial charge on any atom is -0.378 e. The van der Waals surface area contributed by atoms with Crippen LogP contribution in [0.15, 0.2) is 48.8 Å². The zero-order valence-electron chi connectivity index (χ0n) is 20.8. The Balaban J connectivity index is 1.48. The van der Waals surface area contributed by atoms with Gasteiger partial charge in [0.15, 0.2) is 5.65 Å². The standard InChI is InChI=1S/C28H29FN6O2/c1-18-16-20(6-7-22(18)29)25-26(21-8-10-30-24(17-21)32-28(36)19-4-2-3-5-19)35-27(33-25)23(9-11-31-35)34-12-14-37-15-13-34/h6-11,16-17,19H,2-5,12-15H2,1H3,(H,30,32,36). The van der Waals surface area contributed by atoms with Crippen molar-refractivity contribution in [3.63, 3.8) is 0 Å². The molecule has 8 nitrogen and oxygen atoms in total. The van der Waals surface area contributed by atoms with Crippen LogP contribution in [-0.2, 0) is 9.53 Å². The number of fused-ring (bicyclic) bond motifs is 1. The molecule has 1 saturated heterocycles. The predicted molar refractivity (Wildman–Crippen MR) is 140 cm³/mol. The third kappa shape index (κ3) is 4.55. The van der Waals surface area contributed by atoms with Gasteiger partial charge in [0.1, 0.15) is 17.3 Å². The van der Waals surface area contributed by atoms with Crippen LogP contribution in [0.25, 0.3) is 28.2 Å². The van der Waals surface area contributed by atoms with Crippen molar-refractivity contribution >= 4 is 23.1 Å². The van der Waals surface area contributed by atoms with E-state index in [-0.39, 0.29) is 17.6 Å². The Labute approximate surface area is 214 Å². The fourth-order valence-electron chi connectivity index (χ4n) is 5.30. The number of imidazole rings is 1. The first-order chi connectivity index (χ1) is 18.1. The van der Waals surface area contributed by atoms with E-state index in [1.54, 1.807) is 31.5 Å². The van der Waals surface area contributed by atoms with E-state index in [2.05, 4.69) is 20.3 Å². The van der Waals surface area contributed by atoms with Gasteiger partial charge < -0.3 is 15.0 Å². The van der Waals surface area contributed by atoms with Gasteiger partial charge in [0.25, 0.3) is 0 Å². The molecule has 3 aromatic heterocycles. The number of aryl methyl sites for hydroxylation is 1. The van der Waals surface area contributed by atoms with Crippen LogP contribution in [0, 0.1) is 18.7 Å². The van der Waals surface area contributed by atoms with Crippen molar-refractivity contribution in [1.82, 2.24) is 19.6 Å². The van der Waals surface area contributed by atoms with Crippen LogP contribution in [0.3, 0.4) is 0 Å². The minimum atomic E-state index is -0.262. The first-order valence-electron chi connectivity index (χ1n) is 12.8. The number of aromatic nitrogens is 4. The fraction of sp³-hybridized carbons (Fsp3) is 0.357. The van der Waals surface area contributed by atoms with Gasteiger partial charge in [-0.15, -0.1) is 0 Å². The lowest BCUT2D eigenvalue weighted by atomic mass is 10.0. The Morgan fingerprint density at radius 3 is 2.65 bits per heavy atom. The summed E-state index contributed by atoms with van der Waals surface area (Å²) in [5, 5.41) is 7.67. The molecule has 190 valence electrons. The number of carbonyl (C=O) groups excluding carboxylic acids is 1. The highest BCUT2D eigenvalue weighted by Gasteiger charge is 2.25. The highest BCUT2D eigenvalue weighted by molar-refractivity contribution is 5.93. The van der Waals surface area contributed by atoms with Gasteiger partial charge in [-0.05, 0) is 61.7 Å². The largest absolute Gasteiger partial charge is 0.378 e. The Morgan fingerprint density at radius 2 is 1.86 bits per heavy atom. The van der Waals surface area contributed by atoms with Crippen LogP contribution >= 0.6 is 0 Å². The van der Waals surface area contributed by atoms with Crippen LogP contribution in [-0.4, -0.2) is 51.8 Å². The molecule has 9 heteroatoms.